The van der Waals surface area contributed by atoms with Crippen LogP contribution in [-0.4, -0.2) is 26.3 Å². The second-order valence-corrected chi connectivity index (χ2v) is 9.88. The molecule has 0 spiro atoms. The average molecular weight is 476 g/mol. The molecule has 0 amide bonds. The van der Waals surface area contributed by atoms with E-state index in [1.54, 1.807) is 0 Å². The number of hydrogen-bond acceptors (Lipinski definition) is 3. The molecule has 2 aromatic carbocycles. The molecule has 4 heterocycles. The molecule has 0 radical (unpaired) electrons. The van der Waals surface area contributed by atoms with Crippen molar-refractivity contribution < 1.29 is 0 Å². The van der Waals surface area contributed by atoms with Crippen LogP contribution in [0, 0.1) is 13.8 Å². The van der Waals surface area contributed by atoms with Crippen LogP contribution in [0.5, 0.6) is 0 Å². The van der Waals surface area contributed by atoms with Crippen molar-refractivity contribution in [1.29, 1.82) is 0 Å². The monoisotopic (exact) mass is 475 g/mol. The number of hydrogen-bond donors (Lipinski definition) is 1. The van der Waals surface area contributed by atoms with E-state index < -0.39 is 0 Å². The van der Waals surface area contributed by atoms with E-state index in [0.29, 0.717) is 0 Å². The van der Waals surface area contributed by atoms with Crippen molar-refractivity contribution in [3.63, 3.8) is 0 Å². The van der Waals surface area contributed by atoms with Crippen LogP contribution in [0.2, 0.25) is 0 Å². The molecule has 0 unspecified atom stereocenters. The fourth-order valence-electron chi connectivity index (χ4n) is 5.65. The lowest BCUT2D eigenvalue weighted by atomic mass is 9.96. The fourth-order valence-corrected chi connectivity index (χ4v) is 5.65. The van der Waals surface area contributed by atoms with Crippen molar-refractivity contribution in [2.45, 2.75) is 53.5 Å². The summed E-state index contributed by atoms with van der Waals surface area (Å²) in [5, 5.41) is 6.58. The zero-order chi connectivity index (χ0) is 24.8. The van der Waals surface area contributed by atoms with Crippen LogP contribution >= 0.6 is 0 Å². The first kappa shape index (κ1) is 22.6. The van der Waals surface area contributed by atoms with Gasteiger partial charge in [-0.15, -0.1) is 0 Å². The molecule has 1 N–H and O–H groups in total. The summed E-state index contributed by atoms with van der Waals surface area (Å²) in [6, 6.07) is 17.7. The van der Waals surface area contributed by atoms with Crippen molar-refractivity contribution in [3.05, 3.63) is 94.4 Å². The third-order valence-corrected chi connectivity index (χ3v) is 7.62. The highest BCUT2D eigenvalue weighted by Crippen LogP contribution is 2.39. The summed E-state index contributed by atoms with van der Waals surface area (Å²) in [5.41, 5.74) is 12.5. The maximum absolute atomic E-state index is 5.33. The average Bonchev–Trinajstić information content (AvgIpc) is 3.54. The van der Waals surface area contributed by atoms with E-state index in [9.17, 15) is 0 Å². The summed E-state index contributed by atoms with van der Waals surface area (Å²) >= 11 is 0. The van der Waals surface area contributed by atoms with Gasteiger partial charge < -0.3 is 9.88 Å². The molecule has 6 rings (SSSR count). The third kappa shape index (κ3) is 3.62. The highest BCUT2D eigenvalue weighted by Gasteiger charge is 2.29. The zero-order valence-electron chi connectivity index (χ0n) is 21.6. The number of para-hydroxylation sites is 1. The van der Waals surface area contributed by atoms with Crippen LogP contribution in [0.25, 0.3) is 27.8 Å². The number of anilines is 1. The number of nitrogens with zero attached hydrogens (tertiary/aromatic N) is 4. The molecule has 0 saturated carbocycles. The van der Waals surface area contributed by atoms with Gasteiger partial charge in [0.15, 0.2) is 0 Å². The van der Waals surface area contributed by atoms with Gasteiger partial charge in [-0.3, -0.25) is 0 Å². The molecule has 5 aromatic rings. The van der Waals surface area contributed by atoms with Gasteiger partial charge in [0.1, 0.15) is 5.82 Å². The number of fused-ring (bicyclic) bond motifs is 2. The van der Waals surface area contributed by atoms with Crippen molar-refractivity contribution >= 4 is 16.7 Å². The Balaban J connectivity index is 1.61. The Labute approximate surface area is 212 Å². The number of nitrogens with one attached hydrogen (secondary N) is 1. The third-order valence-electron chi connectivity index (χ3n) is 7.62. The van der Waals surface area contributed by atoms with Crippen LogP contribution in [-0.2, 0) is 25.8 Å². The van der Waals surface area contributed by atoms with Crippen LogP contribution in [0.3, 0.4) is 0 Å². The Kier molecular flexibility index (Phi) is 5.63. The topological polar surface area (TPSA) is 49.7 Å². The van der Waals surface area contributed by atoms with E-state index in [1.165, 1.54) is 61.4 Å². The van der Waals surface area contributed by atoms with Crippen molar-refractivity contribution in [2.75, 3.05) is 11.4 Å². The molecule has 5 heteroatoms. The maximum atomic E-state index is 5.33. The fraction of sp³-hybridized carbons (Fsp3) is 0.290. The molecule has 0 atom stereocenters. The second-order valence-electron chi connectivity index (χ2n) is 9.88. The number of aryl methyl sites for hydroxylation is 4. The van der Waals surface area contributed by atoms with E-state index in [2.05, 4.69) is 90.8 Å². The minimum Gasteiger partial charge on any atom is -0.361 e. The first-order chi connectivity index (χ1) is 17.6. The number of rotatable bonds is 5. The predicted molar refractivity (Wildman–Crippen MR) is 148 cm³/mol. The largest absolute Gasteiger partial charge is 0.361 e. The minimum atomic E-state index is 0.802. The molecule has 36 heavy (non-hydrogen) atoms. The van der Waals surface area contributed by atoms with Gasteiger partial charge in [-0.05, 0) is 61.1 Å². The molecular weight excluding hydrogens is 442 g/mol. The molecule has 1 aliphatic rings. The van der Waals surface area contributed by atoms with Gasteiger partial charge in [0.2, 0.25) is 0 Å². The second kappa shape index (κ2) is 8.98. The first-order valence-corrected chi connectivity index (χ1v) is 13.1. The van der Waals surface area contributed by atoms with Crippen molar-refractivity contribution in [3.8, 4) is 16.9 Å². The molecule has 0 bridgehead atoms. The van der Waals surface area contributed by atoms with Gasteiger partial charge in [-0.2, -0.15) is 5.10 Å². The Morgan fingerprint density at radius 2 is 1.75 bits per heavy atom. The number of aromatic nitrogens is 4. The van der Waals surface area contributed by atoms with Crippen molar-refractivity contribution in [2.24, 2.45) is 0 Å². The summed E-state index contributed by atoms with van der Waals surface area (Å²) < 4.78 is 2.27. The van der Waals surface area contributed by atoms with E-state index in [0.717, 1.165) is 38.2 Å². The first-order valence-electron chi connectivity index (χ1n) is 13.1. The highest BCUT2D eigenvalue weighted by molar-refractivity contribution is 5.97. The van der Waals surface area contributed by atoms with Crippen LogP contribution in [0.4, 0.5) is 5.82 Å². The Morgan fingerprint density at radius 1 is 0.944 bits per heavy atom. The van der Waals surface area contributed by atoms with E-state index >= 15 is 0 Å². The molecule has 1 aliphatic heterocycles. The van der Waals surface area contributed by atoms with Gasteiger partial charge in [-0.25, -0.2) is 9.67 Å². The Bertz CT molecular complexity index is 1530. The van der Waals surface area contributed by atoms with Gasteiger partial charge in [0.25, 0.3) is 0 Å². The smallest absolute Gasteiger partial charge is 0.128 e. The van der Waals surface area contributed by atoms with E-state index in [-0.39, 0.29) is 0 Å². The minimum absolute atomic E-state index is 0.802. The molecule has 3 aromatic heterocycles. The summed E-state index contributed by atoms with van der Waals surface area (Å²) in [5.74, 6) is 1.03. The summed E-state index contributed by atoms with van der Waals surface area (Å²) in [7, 11) is 0. The lowest BCUT2D eigenvalue weighted by Gasteiger charge is -2.28. The van der Waals surface area contributed by atoms with Gasteiger partial charge >= 0.3 is 0 Å². The molecule has 0 saturated heterocycles. The summed E-state index contributed by atoms with van der Waals surface area (Å²) in [6.07, 6.45) is 6.86. The lowest BCUT2D eigenvalue weighted by Crippen LogP contribution is -2.30. The quantitative estimate of drug-likeness (QED) is 0.307. The van der Waals surface area contributed by atoms with Crippen LogP contribution < -0.4 is 4.90 Å². The number of benzene rings is 2. The standard InChI is InChI=1S/C31H33N5/c1-5-22-8-7-9-23(6-2)30(22)36-31(25-12-11-21(4)29-24(25)14-16-32-29)26-19-35(17-15-27(26)34-36)28-13-10-20(3)18-33-28/h7-14,16,18,32H,5-6,15,17,19H2,1-4H3. The number of pyridine rings is 1. The molecule has 0 fully saturated rings. The molecule has 0 aliphatic carbocycles. The zero-order valence-corrected chi connectivity index (χ0v) is 21.6. The van der Waals surface area contributed by atoms with E-state index in [1.807, 2.05) is 12.4 Å². The number of aromatic amines is 1. The lowest BCUT2D eigenvalue weighted by molar-refractivity contribution is 0.705. The molecular formula is C31H33N5. The maximum Gasteiger partial charge on any atom is 0.128 e. The van der Waals surface area contributed by atoms with Gasteiger partial charge in [0.05, 0.1) is 17.1 Å². The normalized spacial score (nSPS) is 13.4. The molecule has 182 valence electrons. The SMILES string of the molecule is CCc1cccc(CC)c1-n1nc2c(c1-c1ccc(C)c3[nH]ccc13)CN(c1ccc(C)cn1)CC2. The summed E-state index contributed by atoms with van der Waals surface area (Å²) in [4.78, 5) is 10.6. The molecule has 5 nitrogen and oxygen atoms in total. The predicted octanol–water partition coefficient (Wildman–Crippen LogP) is 6.72. The van der Waals surface area contributed by atoms with Gasteiger partial charge in [0, 0.05) is 53.9 Å². The Morgan fingerprint density at radius 3 is 2.47 bits per heavy atom. The Hall–Kier alpha value is -3.86. The van der Waals surface area contributed by atoms with Crippen LogP contribution in [0.1, 0.15) is 47.4 Å². The van der Waals surface area contributed by atoms with E-state index in [4.69, 9.17) is 10.1 Å². The number of H-pyrrole nitrogens is 1. The highest BCUT2D eigenvalue weighted by atomic mass is 15.3. The van der Waals surface area contributed by atoms with Crippen LogP contribution in [0.15, 0.2) is 60.9 Å². The van der Waals surface area contributed by atoms with Crippen molar-refractivity contribution in [1.82, 2.24) is 19.7 Å². The summed E-state index contributed by atoms with van der Waals surface area (Å²) in [6.45, 7) is 10.5. The van der Waals surface area contributed by atoms with Gasteiger partial charge in [-0.1, -0.05) is 50.2 Å².